The molecule has 1 heteroatoms. The Hall–Kier alpha value is -1.55. The fourth-order valence-electron chi connectivity index (χ4n) is 2.19. The van der Waals surface area contributed by atoms with Gasteiger partial charge in [-0.2, -0.15) is 5.26 Å². The molecule has 0 aliphatic heterocycles. The van der Waals surface area contributed by atoms with Crippen LogP contribution in [0.3, 0.4) is 0 Å². The second kappa shape index (κ2) is 9.39. The summed E-state index contributed by atoms with van der Waals surface area (Å²) in [5.74, 6) is 0. The van der Waals surface area contributed by atoms with Crippen LogP contribution in [0.25, 0.3) is 6.08 Å². The van der Waals surface area contributed by atoms with Gasteiger partial charge in [-0.15, -0.1) is 0 Å². The van der Waals surface area contributed by atoms with E-state index in [0.717, 1.165) is 5.56 Å². The van der Waals surface area contributed by atoms with E-state index in [9.17, 15) is 0 Å². The molecule has 0 bridgehead atoms. The third kappa shape index (κ3) is 6.82. The zero-order valence-electron chi connectivity index (χ0n) is 12.3. The van der Waals surface area contributed by atoms with Crippen LogP contribution in [0.1, 0.15) is 69.9 Å². The van der Waals surface area contributed by atoms with Crippen molar-refractivity contribution in [2.75, 3.05) is 0 Å². The lowest BCUT2D eigenvalue weighted by molar-refractivity contribution is 0.607. The first kappa shape index (κ1) is 15.5. The molecule has 0 fully saturated rings. The van der Waals surface area contributed by atoms with Crippen molar-refractivity contribution >= 4 is 6.08 Å². The van der Waals surface area contributed by atoms with Gasteiger partial charge in [-0.05, 0) is 37.5 Å². The number of hydrogen-bond donors (Lipinski definition) is 0. The lowest BCUT2D eigenvalue weighted by atomic mass is 10.0. The Balaban J connectivity index is 2.29. The van der Waals surface area contributed by atoms with Crippen LogP contribution in [-0.2, 0) is 0 Å². The van der Waals surface area contributed by atoms with Gasteiger partial charge >= 0.3 is 0 Å². The summed E-state index contributed by atoms with van der Waals surface area (Å²) in [5, 5.41) is 8.75. The predicted octanol–water partition coefficient (Wildman–Crippen LogP) is 5.71. The SMILES string of the molecule is CCCCCCCCC(C)=Cc1ccc(C#N)cc1. The summed E-state index contributed by atoms with van der Waals surface area (Å²) in [5.41, 5.74) is 3.36. The summed E-state index contributed by atoms with van der Waals surface area (Å²) in [6.45, 7) is 4.45. The van der Waals surface area contributed by atoms with Crippen LogP contribution in [-0.4, -0.2) is 0 Å². The second-order valence-corrected chi connectivity index (χ2v) is 5.24. The fraction of sp³-hybridized carbons (Fsp3) is 0.500. The maximum Gasteiger partial charge on any atom is 0.0991 e. The van der Waals surface area contributed by atoms with Crippen molar-refractivity contribution in [2.45, 2.75) is 58.8 Å². The standard InChI is InChI=1S/C18H25N/c1-3-4-5-6-7-8-9-16(2)14-17-10-12-18(15-19)13-11-17/h10-14H,3-9H2,1-2H3. The van der Waals surface area contributed by atoms with E-state index in [1.165, 1.54) is 56.1 Å². The van der Waals surface area contributed by atoms with Crippen molar-refractivity contribution in [3.05, 3.63) is 41.0 Å². The maximum absolute atomic E-state index is 8.75. The first-order chi connectivity index (χ1) is 9.26. The van der Waals surface area contributed by atoms with Crippen LogP contribution in [0.15, 0.2) is 29.8 Å². The topological polar surface area (TPSA) is 23.8 Å². The average molecular weight is 255 g/mol. The van der Waals surface area contributed by atoms with Crippen molar-refractivity contribution in [3.63, 3.8) is 0 Å². The molecule has 0 aliphatic carbocycles. The molecule has 1 aromatic carbocycles. The zero-order valence-corrected chi connectivity index (χ0v) is 12.3. The molecule has 1 aromatic rings. The molecule has 1 rings (SSSR count). The molecule has 0 aliphatic rings. The van der Waals surface area contributed by atoms with E-state index in [2.05, 4.69) is 26.0 Å². The van der Waals surface area contributed by atoms with E-state index < -0.39 is 0 Å². The number of rotatable bonds is 8. The van der Waals surface area contributed by atoms with Crippen LogP contribution in [0, 0.1) is 11.3 Å². The predicted molar refractivity (Wildman–Crippen MR) is 82.8 cm³/mol. The minimum absolute atomic E-state index is 0.728. The molecule has 0 atom stereocenters. The summed E-state index contributed by atoms with van der Waals surface area (Å²) in [6.07, 6.45) is 11.5. The van der Waals surface area contributed by atoms with E-state index >= 15 is 0 Å². The third-order valence-electron chi connectivity index (χ3n) is 3.38. The maximum atomic E-state index is 8.75. The van der Waals surface area contributed by atoms with Crippen LogP contribution >= 0.6 is 0 Å². The van der Waals surface area contributed by atoms with Gasteiger partial charge in [0.2, 0.25) is 0 Å². The minimum Gasteiger partial charge on any atom is -0.192 e. The van der Waals surface area contributed by atoms with Crippen molar-refractivity contribution in [1.29, 1.82) is 5.26 Å². The van der Waals surface area contributed by atoms with Gasteiger partial charge in [0.15, 0.2) is 0 Å². The first-order valence-corrected chi connectivity index (χ1v) is 7.43. The van der Waals surface area contributed by atoms with Crippen LogP contribution < -0.4 is 0 Å². The number of benzene rings is 1. The Labute approximate surface area is 118 Å². The molecule has 19 heavy (non-hydrogen) atoms. The van der Waals surface area contributed by atoms with Gasteiger partial charge < -0.3 is 0 Å². The highest BCUT2D eigenvalue weighted by Gasteiger charge is 1.95. The van der Waals surface area contributed by atoms with E-state index in [4.69, 9.17) is 5.26 Å². The van der Waals surface area contributed by atoms with Gasteiger partial charge in [-0.1, -0.05) is 62.8 Å². The monoisotopic (exact) mass is 255 g/mol. The molecule has 0 heterocycles. The molecule has 0 saturated heterocycles. The summed E-state index contributed by atoms with van der Waals surface area (Å²) < 4.78 is 0. The van der Waals surface area contributed by atoms with Gasteiger partial charge in [0, 0.05) is 0 Å². The molecular weight excluding hydrogens is 230 g/mol. The molecule has 0 aromatic heterocycles. The van der Waals surface area contributed by atoms with Crippen LogP contribution in [0.5, 0.6) is 0 Å². The van der Waals surface area contributed by atoms with Gasteiger partial charge in [-0.25, -0.2) is 0 Å². The third-order valence-corrected chi connectivity index (χ3v) is 3.38. The molecule has 1 nitrogen and oxygen atoms in total. The number of nitrogens with zero attached hydrogens (tertiary/aromatic N) is 1. The largest absolute Gasteiger partial charge is 0.192 e. The van der Waals surface area contributed by atoms with Crippen molar-refractivity contribution in [2.24, 2.45) is 0 Å². The van der Waals surface area contributed by atoms with Crippen LogP contribution in [0.4, 0.5) is 0 Å². The molecule has 0 spiro atoms. The quantitative estimate of drug-likeness (QED) is 0.546. The van der Waals surface area contributed by atoms with E-state index in [1.807, 2.05) is 24.3 Å². The molecule has 0 saturated carbocycles. The van der Waals surface area contributed by atoms with Crippen molar-refractivity contribution < 1.29 is 0 Å². The lowest BCUT2D eigenvalue weighted by Gasteiger charge is -2.02. The number of hydrogen-bond acceptors (Lipinski definition) is 1. The average Bonchev–Trinajstić information content (AvgIpc) is 2.43. The lowest BCUT2D eigenvalue weighted by Crippen LogP contribution is -1.82. The zero-order chi connectivity index (χ0) is 13.9. The fourth-order valence-corrected chi connectivity index (χ4v) is 2.19. The molecular formula is C18H25N. The summed E-state index contributed by atoms with van der Waals surface area (Å²) in [7, 11) is 0. The Morgan fingerprint density at radius 3 is 2.32 bits per heavy atom. The Morgan fingerprint density at radius 1 is 1.05 bits per heavy atom. The van der Waals surface area contributed by atoms with Gasteiger partial charge in [-0.3, -0.25) is 0 Å². The smallest absolute Gasteiger partial charge is 0.0991 e. The van der Waals surface area contributed by atoms with E-state index in [1.54, 1.807) is 0 Å². The summed E-state index contributed by atoms with van der Waals surface area (Å²) in [4.78, 5) is 0. The van der Waals surface area contributed by atoms with Crippen molar-refractivity contribution in [3.8, 4) is 6.07 Å². The summed E-state index contributed by atoms with van der Waals surface area (Å²) in [6, 6.07) is 9.94. The second-order valence-electron chi connectivity index (χ2n) is 5.24. The summed E-state index contributed by atoms with van der Waals surface area (Å²) >= 11 is 0. The van der Waals surface area contributed by atoms with Gasteiger partial charge in [0.1, 0.15) is 0 Å². The molecule has 0 amide bonds. The Kier molecular flexibility index (Phi) is 7.66. The van der Waals surface area contributed by atoms with E-state index in [-0.39, 0.29) is 0 Å². The highest BCUT2D eigenvalue weighted by Crippen LogP contribution is 2.15. The minimum atomic E-state index is 0.728. The highest BCUT2D eigenvalue weighted by atomic mass is 14.2. The molecule has 102 valence electrons. The van der Waals surface area contributed by atoms with Crippen LogP contribution in [0.2, 0.25) is 0 Å². The number of allylic oxidation sites excluding steroid dienone is 1. The van der Waals surface area contributed by atoms with Gasteiger partial charge in [0.05, 0.1) is 11.6 Å². The van der Waals surface area contributed by atoms with E-state index in [0.29, 0.717) is 0 Å². The normalized spacial score (nSPS) is 11.3. The Bertz CT molecular complexity index is 420. The molecule has 0 unspecified atom stereocenters. The number of nitriles is 1. The van der Waals surface area contributed by atoms with Gasteiger partial charge in [0.25, 0.3) is 0 Å². The molecule has 0 radical (unpaired) electrons. The first-order valence-electron chi connectivity index (χ1n) is 7.43. The Morgan fingerprint density at radius 2 is 1.68 bits per heavy atom. The highest BCUT2D eigenvalue weighted by molar-refractivity contribution is 5.53. The number of unbranched alkanes of at least 4 members (excludes halogenated alkanes) is 5. The van der Waals surface area contributed by atoms with Crippen molar-refractivity contribution in [1.82, 2.24) is 0 Å². The molecule has 0 N–H and O–H groups in total.